The molecule has 2 atom stereocenters. The van der Waals surface area contributed by atoms with Gasteiger partial charge in [0.05, 0.1) is 13.2 Å². The zero-order valence-electron chi connectivity index (χ0n) is 12.9. The summed E-state index contributed by atoms with van der Waals surface area (Å²) in [6.45, 7) is 0.842. The molecule has 0 aliphatic carbocycles. The lowest BCUT2D eigenvalue weighted by molar-refractivity contribution is 0.0758. The van der Waals surface area contributed by atoms with Crippen molar-refractivity contribution in [1.29, 1.82) is 0 Å². The molecule has 120 valence electrons. The number of likely N-dealkylation sites (tertiary alicyclic amines) is 1. The predicted octanol–water partition coefficient (Wildman–Crippen LogP) is 1.16. The van der Waals surface area contributed by atoms with Gasteiger partial charge in [-0.3, -0.25) is 14.8 Å². The fourth-order valence-corrected chi connectivity index (χ4v) is 2.86. The number of methoxy groups -OCH3 is 1. The fourth-order valence-electron chi connectivity index (χ4n) is 2.86. The van der Waals surface area contributed by atoms with E-state index < -0.39 is 6.10 Å². The second-order valence-corrected chi connectivity index (χ2v) is 5.68. The van der Waals surface area contributed by atoms with Gasteiger partial charge in [0, 0.05) is 43.7 Å². The maximum absolute atomic E-state index is 12.5. The van der Waals surface area contributed by atoms with Crippen LogP contribution >= 0.6 is 0 Å². The van der Waals surface area contributed by atoms with Crippen LogP contribution < -0.4 is 4.74 Å². The van der Waals surface area contributed by atoms with Gasteiger partial charge in [0.25, 0.3) is 5.91 Å². The Morgan fingerprint density at radius 2 is 2.09 bits per heavy atom. The van der Waals surface area contributed by atoms with Crippen LogP contribution in [-0.2, 0) is 6.42 Å². The number of β-amino-alcohol motifs (C(OH)–C–C–N with tert-alkyl or cyclic N) is 1. The molecule has 1 N–H and O–H groups in total. The topological polar surface area (TPSA) is 75.5 Å². The molecule has 1 aliphatic rings. The molecule has 1 fully saturated rings. The van der Waals surface area contributed by atoms with E-state index in [1.807, 2.05) is 12.1 Å². The molecule has 0 spiro atoms. The summed E-state index contributed by atoms with van der Waals surface area (Å²) in [5, 5.41) is 10.3. The molecular weight excluding hydrogens is 294 g/mol. The maximum Gasteiger partial charge on any atom is 0.272 e. The number of carbonyl (C=O) groups is 1. The van der Waals surface area contributed by atoms with Gasteiger partial charge in [-0.1, -0.05) is 0 Å². The zero-order valence-corrected chi connectivity index (χ0v) is 12.9. The Hall–Kier alpha value is -2.47. The van der Waals surface area contributed by atoms with E-state index in [0.717, 1.165) is 12.0 Å². The standard InChI is InChI=1S/C17H19N3O3/c1-23-14-4-7-19-15(9-14)17(22)20-10-13(16(21)11-20)8-12-2-5-18-6-3-12/h2-7,9,13,16,21H,8,10-11H2,1H3/t13-,16-/m1/s1. The highest BCUT2D eigenvalue weighted by atomic mass is 16.5. The number of rotatable bonds is 4. The highest BCUT2D eigenvalue weighted by Crippen LogP contribution is 2.23. The molecule has 3 heterocycles. The number of aromatic nitrogens is 2. The molecule has 2 aromatic heterocycles. The lowest BCUT2D eigenvalue weighted by Crippen LogP contribution is -2.30. The lowest BCUT2D eigenvalue weighted by Gasteiger charge is -2.16. The smallest absolute Gasteiger partial charge is 0.272 e. The maximum atomic E-state index is 12.5. The van der Waals surface area contributed by atoms with Gasteiger partial charge >= 0.3 is 0 Å². The van der Waals surface area contributed by atoms with Gasteiger partial charge < -0.3 is 14.7 Å². The van der Waals surface area contributed by atoms with Crippen molar-refractivity contribution in [3.05, 3.63) is 54.1 Å². The third kappa shape index (κ3) is 3.48. The van der Waals surface area contributed by atoms with Crippen LogP contribution in [-0.4, -0.2) is 52.2 Å². The number of aliphatic hydroxyl groups excluding tert-OH is 1. The van der Waals surface area contributed by atoms with Crippen molar-refractivity contribution in [2.75, 3.05) is 20.2 Å². The molecule has 0 unspecified atom stereocenters. The first kappa shape index (κ1) is 15.4. The minimum Gasteiger partial charge on any atom is -0.497 e. The van der Waals surface area contributed by atoms with Crippen molar-refractivity contribution >= 4 is 5.91 Å². The van der Waals surface area contributed by atoms with E-state index in [1.165, 1.54) is 0 Å². The van der Waals surface area contributed by atoms with Crippen molar-refractivity contribution in [3.8, 4) is 5.75 Å². The van der Waals surface area contributed by atoms with Crippen LogP contribution in [0.5, 0.6) is 5.75 Å². The molecule has 3 rings (SSSR count). The average Bonchev–Trinajstić information content (AvgIpc) is 2.96. The summed E-state index contributed by atoms with van der Waals surface area (Å²) < 4.78 is 5.12. The minimum atomic E-state index is -0.530. The Bertz CT molecular complexity index is 678. The fraction of sp³-hybridized carbons (Fsp3) is 0.353. The summed E-state index contributed by atoms with van der Waals surface area (Å²) in [7, 11) is 1.55. The van der Waals surface area contributed by atoms with E-state index in [2.05, 4.69) is 9.97 Å². The van der Waals surface area contributed by atoms with E-state index in [1.54, 1.807) is 42.7 Å². The number of aliphatic hydroxyl groups is 1. The molecule has 0 bridgehead atoms. The molecule has 2 aromatic rings. The Balaban J connectivity index is 1.69. The highest BCUT2D eigenvalue weighted by molar-refractivity contribution is 5.92. The largest absolute Gasteiger partial charge is 0.497 e. The van der Waals surface area contributed by atoms with Gasteiger partial charge in [0.15, 0.2) is 0 Å². The summed E-state index contributed by atoms with van der Waals surface area (Å²) >= 11 is 0. The molecular formula is C17H19N3O3. The second-order valence-electron chi connectivity index (χ2n) is 5.68. The summed E-state index contributed by atoms with van der Waals surface area (Å²) in [5.41, 5.74) is 1.44. The van der Waals surface area contributed by atoms with Crippen molar-refractivity contribution in [3.63, 3.8) is 0 Å². The number of hydrogen-bond donors (Lipinski definition) is 1. The normalized spacial score (nSPS) is 20.5. The van der Waals surface area contributed by atoms with Gasteiger partial charge in [-0.15, -0.1) is 0 Å². The summed E-state index contributed by atoms with van der Waals surface area (Å²) in [4.78, 5) is 22.3. The first-order valence-corrected chi connectivity index (χ1v) is 7.53. The first-order chi connectivity index (χ1) is 11.2. The average molecular weight is 313 g/mol. The number of nitrogens with zero attached hydrogens (tertiary/aromatic N) is 3. The molecule has 1 saturated heterocycles. The second kappa shape index (κ2) is 6.75. The molecule has 0 aromatic carbocycles. The molecule has 1 aliphatic heterocycles. The van der Waals surface area contributed by atoms with Crippen molar-refractivity contribution in [1.82, 2.24) is 14.9 Å². The summed E-state index contributed by atoms with van der Waals surface area (Å²) in [5.74, 6) is 0.434. The molecule has 23 heavy (non-hydrogen) atoms. The van der Waals surface area contributed by atoms with E-state index in [-0.39, 0.29) is 11.8 Å². The van der Waals surface area contributed by atoms with Crippen LogP contribution in [0.4, 0.5) is 0 Å². The van der Waals surface area contributed by atoms with Gasteiger partial charge in [-0.25, -0.2) is 0 Å². The van der Waals surface area contributed by atoms with Gasteiger partial charge in [-0.2, -0.15) is 0 Å². The molecule has 1 amide bonds. The monoisotopic (exact) mass is 313 g/mol. The van der Waals surface area contributed by atoms with Gasteiger partial charge in [0.1, 0.15) is 11.4 Å². The van der Waals surface area contributed by atoms with Crippen LogP contribution in [0.15, 0.2) is 42.9 Å². The Labute approximate surface area is 134 Å². The minimum absolute atomic E-state index is 0.0203. The molecule has 0 saturated carbocycles. The molecule has 0 radical (unpaired) electrons. The van der Waals surface area contributed by atoms with Crippen LogP contribution in [0.1, 0.15) is 16.1 Å². The van der Waals surface area contributed by atoms with Crippen LogP contribution in [0, 0.1) is 5.92 Å². The third-order valence-electron chi connectivity index (χ3n) is 4.13. The SMILES string of the molecule is COc1ccnc(C(=O)N2C[C@@H](Cc3ccncc3)[C@H](O)C2)c1. The van der Waals surface area contributed by atoms with Gasteiger partial charge in [0.2, 0.25) is 0 Å². The number of ether oxygens (including phenoxy) is 1. The number of hydrogen-bond acceptors (Lipinski definition) is 5. The van der Waals surface area contributed by atoms with Gasteiger partial charge in [-0.05, 0) is 30.2 Å². The van der Waals surface area contributed by atoms with E-state index >= 15 is 0 Å². The Morgan fingerprint density at radius 3 is 2.83 bits per heavy atom. The van der Waals surface area contributed by atoms with Crippen molar-refractivity contribution < 1.29 is 14.6 Å². The summed E-state index contributed by atoms with van der Waals surface area (Å²) in [6.07, 6.45) is 5.21. The Morgan fingerprint density at radius 1 is 1.30 bits per heavy atom. The predicted molar refractivity (Wildman–Crippen MR) is 84.1 cm³/mol. The number of carbonyl (C=O) groups excluding carboxylic acids is 1. The molecule has 6 nitrogen and oxygen atoms in total. The van der Waals surface area contributed by atoms with Crippen molar-refractivity contribution in [2.24, 2.45) is 5.92 Å². The number of pyridine rings is 2. The quantitative estimate of drug-likeness (QED) is 0.917. The Kier molecular flexibility index (Phi) is 4.52. The van der Waals surface area contributed by atoms with Crippen molar-refractivity contribution in [2.45, 2.75) is 12.5 Å². The highest BCUT2D eigenvalue weighted by Gasteiger charge is 2.34. The van der Waals surface area contributed by atoms with Crippen LogP contribution in [0.2, 0.25) is 0 Å². The lowest BCUT2D eigenvalue weighted by atomic mass is 9.97. The van der Waals surface area contributed by atoms with Crippen LogP contribution in [0.25, 0.3) is 0 Å². The van der Waals surface area contributed by atoms with E-state index in [9.17, 15) is 9.90 Å². The number of amides is 1. The van der Waals surface area contributed by atoms with Crippen LogP contribution in [0.3, 0.4) is 0 Å². The van der Waals surface area contributed by atoms with E-state index in [4.69, 9.17) is 4.74 Å². The van der Waals surface area contributed by atoms with E-state index in [0.29, 0.717) is 24.5 Å². The zero-order chi connectivity index (χ0) is 16.2. The third-order valence-corrected chi connectivity index (χ3v) is 4.13. The summed E-state index contributed by atoms with van der Waals surface area (Å²) in [6, 6.07) is 7.17. The first-order valence-electron chi connectivity index (χ1n) is 7.53. The molecule has 6 heteroatoms.